The fourth-order valence-corrected chi connectivity index (χ4v) is 3.45. The van der Waals surface area contributed by atoms with Crippen LogP contribution < -0.4 is 0 Å². The van der Waals surface area contributed by atoms with Crippen molar-refractivity contribution in [3.8, 4) is 0 Å². The van der Waals surface area contributed by atoms with Crippen LogP contribution in [0.1, 0.15) is 42.7 Å². The Labute approximate surface area is 89.5 Å². The van der Waals surface area contributed by atoms with E-state index in [4.69, 9.17) is 0 Å². The number of thioether (sulfide) groups is 1. The lowest BCUT2D eigenvalue weighted by molar-refractivity contribution is 0.168. The molecule has 1 aliphatic heterocycles. The second-order valence-corrected chi connectivity index (χ2v) is 5.75. The van der Waals surface area contributed by atoms with Crippen molar-refractivity contribution < 1.29 is 5.11 Å². The summed E-state index contributed by atoms with van der Waals surface area (Å²) in [6.45, 7) is 4.41. The number of aliphatic hydroxyl groups is 1. The molecular formula is C12H16OS. The van der Waals surface area contributed by atoms with Gasteiger partial charge in [-0.1, -0.05) is 31.2 Å². The molecule has 0 radical (unpaired) electrons. The van der Waals surface area contributed by atoms with E-state index in [9.17, 15) is 5.11 Å². The lowest BCUT2D eigenvalue weighted by Gasteiger charge is -2.13. The van der Waals surface area contributed by atoms with Crippen LogP contribution in [0.2, 0.25) is 0 Å². The highest BCUT2D eigenvalue weighted by molar-refractivity contribution is 8.00. The van der Waals surface area contributed by atoms with Gasteiger partial charge < -0.3 is 5.11 Å². The second-order valence-electron chi connectivity index (χ2n) is 3.97. The van der Waals surface area contributed by atoms with Gasteiger partial charge in [0.2, 0.25) is 0 Å². The zero-order valence-electron chi connectivity index (χ0n) is 8.60. The first-order chi connectivity index (χ1) is 6.68. The molecule has 3 atom stereocenters. The van der Waals surface area contributed by atoms with Gasteiger partial charge in [0.15, 0.2) is 0 Å². The summed E-state index contributed by atoms with van der Waals surface area (Å²) in [7, 11) is 0. The van der Waals surface area contributed by atoms with Gasteiger partial charge in [-0.05, 0) is 24.5 Å². The molecule has 2 rings (SSSR count). The number of aliphatic hydroxyl groups excluding tert-OH is 1. The van der Waals surface area contributed by atoms with Crippen LogP contribution in [0.25, 0.3) is 0 Å². The third kappa shape index (κ3) is 1.82. The van der Waals surface area contributed by atoms with Crippen molar-refractivity contribution in [3.05, 3.63) is 35.4 Å². The van der Waals surface area contributed by atoms with Crippen LogP contribution in [0.5, 0.6) is 0 Å². The SMILES string of the molecule is CC1CC(O)c2ccccc2C(C)S1. The maximum Gasteiger partial charge on any atom is 0.0803 e. The van der Waals surface area contributed by atoms with Gasteiger partial charge in [0, 0.05) is 10.5 Å². The molecule has 0 saturated heterocycles. The van der Waals surface area contributed by atoms with Crippen LogP contribution in [0.15, 0.2) is 24.3 Å². The van der Waals surface area contributed by atoms with Crippen LogP contribution in [0.4, 0.5) is 0 Å². The quantitative estimate of drug-likeness (QED) is 0.706. The third-order valence-corrected chi connectivity index (χ3v) is 4.10. The Kier molecular flexibility index (Phi) is 2.84. The number of fused-ring (bicyclic) bond motifs is 1. The highest BCUT2D eigenvalue weighted by Crippen LogP contribution is 2.42. The highest BCUT2D eigenvalue weighted by atomic mass is 32.2. The fraction of sp³-hybridized carbons (Fsp3) is 0.500. The molecule has 1 nitrogen and oxygen atoms in total. The Morgan fingerprint density at radius 1 is 1.21 bits per heavy atom. The first-order valence-corrected chi connectivity index (χ1v) is 6.05. The maximum atomic E-state index is 10.0. The van der Waals surface area contributed by atoms with E-state index >= 15 is 0 Å². The van der Waals surface area contributed by atoms with Crippen LogP contribution >= 0.6 is 11.8 Å². The van der Waals surface area contributed by atoms with Crippen molar-refractivity contribution in [2.75, 3.05) is 0 Å². The van der Waals surface area contributed by atoms with Crippen LogP contribution in [0.3, 0.4) is 0 Å². The third-order valence-electron chi connectivity index (χ3n) is 2.78. The van der Waals surface area contributed by atoms with Gasteiger partial charge in [-0.2, -0.15) is 11.8 Å². The maximum absolute atomic E-state index is 10.0. The van der Waals surface area contributed by atoms with E-state index in [1.165, 1.54) is 5.56 Å². The molecule has 76 valence electrons. The number of hydrogen-bond donors (Lipinski definition) is 1. The molecule has 0 fully saturated rings. The number of hydrogen-bond acceptors (Lipinski definition) is 2. The molecule has 2 heteroatoms. The molecule has 14 heavy (non-hydrogen) atoms. The van der Waals surface area contributed by atoms with E-state index in [1.54, 1.807) is 0 Å². The molecule has 0 bridgehead atoms. The number of benzene rings is 1. The molecule has 1 aromatic rings. The molecule has 0 aliphatic carbocycles. The molecule has 0 amide bonds. The zero-order valence-corrected chi connectivity index (χ0v) is 9.42. The fourth-order valence-electron chi connectivity index (χ4n) is 2.10. The predicted molar refractivity (Wildman–Crippen MR) is 61.5 cm³/mol. The minimum absolute atomic E-state index is 0.279. The van der Waals surface area contributed by atoms with Gasteiger partial charge in [0.05, 0.1) is 6.10 Å². The first kappa shape index (κ1) is 10.1. The predicted octanol–water partition coefficient (Wildman–Crippen LogP) is 3.31. The van der Waals surface area contributed by atoms with E-state index in [2.05, 4.69) is 32.0 Å². The Bertz CT molecular complexity index is 293. The Balaban J connectivity index is 2.42. The summed E-state index contributed by atoms with van der Waals surface area (Å²) in [5, 5.41) is 11.0. The minimum atomic E-state index is -0.279. The van der Waals surface area contributed by atoms with E-state index < -0.39 is 0 Å². The van der Waals surface area contributed by atoms with Crippen molar-refractivity contribution in [2.24, 2.45) is 0 Å². The van der Waals surface area contributed by atoms with E-state index in [0.29, 0.717) is 10.5 Å². The van der Waals surface area contributed by atoms with Crippen molar-refractivity contribution >= 4 is 11.8 Å². The van der Waals surface area contributed by atoms with Crippen molar-refractivity contribution in [1.82, 2.24) is 0 Å². The highest BCUT2D eigenvalue weighted by Gasteiger charge is 2.24. The first-order valence-electron chi connectivity index (χ1n) is 5.11. The lowest BCUT2D eigenvalue weighted by Crippen LogP contribution is -2.03. The Morgan fingerprint density at radius 2 is 1.86 bits per heavy atom. The standard InChI is InChI=1S/C12H16OS/c1-8-7-12(13)11-6-4-3-5-10(11)9(2)14-8/h3-6,8-9,12-13H,7H2,1-2H3. The van der Waals surface area contributed by atoms with Gasteiger partial charge >= 0.3 is 0 Å². The summed E-state index contributed by atoms with van der Waals surface area (Å²) < 4.78 is 0. The molecule has 1 aliphatic rings. The van der Waals surface area contributed by atoms with E-state index in [0.717, 1.165) is 12.0 Å². The summed E-state index contributed by atoms with van der Waals surface area (Å²) in [5.41, 5.74) is 2.42. The summed E-state index contributed by atoms with van der Waals surface area (Å²) >= 11 is 1.95. The van der Waals surface area contributed by atoms with Crippen molar-refractivity contribution in [1.29, 1.82) is 0 Å². The van der Waals surface area contributed by atoms with Crippen molar-refractivity contribution in [2.45, 2.75) is 36.9 Å². The van der Waals surface area contributed by atoms with Crippen LogP contribution in [0, 0.1) is 0 Å². The van der Waals surface area contributed by atoms with Gasteiger partial charge in [0.25, 0.3) is 0 Å². The van der Waals surface area contributed by atoms with Crippen LogP contribution in [-0.2, 0) is 0 Å². The van der Waals surface area contributed by atoms with Crippen molar-refractivity contribution in [3.63, 3.8) is 0 Å². The Morgan fingerprint density at radius 3 is 2.57 bits per heavy atom. The molecule has 1 N–H and O–H groups in total. The van der Waals surface area contributed by atoms with Gasteiger partial charge in [-0.3, -0.25) is 0 Å². The monoisotopic (exact) mass is 208 g/mol. The summed E-state index contributed by atoms with van der Waals surface area (Å²) in [5.74, 6) is 0. The van der Waals surface area contributed by atoms with Crippen LogP contribution in [-0.4, -0.2) is 10.4 Å². The molecular weight excluding hydrogens is 192 g/mol. The lowest BCUT2D eigenvalue weighted by atomic mass is 9.98. The summed E-state index contributed by atoms with van der Waals surface area (Å²) in [6, 6.07) is 8.25. The summed E-state index contributed by atoms with van der Waals surface area (Å²) in [6.07, 6.45) is 0.588. The smallest absolute Gasteiger partial charge is 0.0803 e. The average molecular weight is 208 g/mol. The molecule has 1 aromatic carbocycles. The van der Waals surface area contributed by atoms with E-state index in [-0.39, 0.29) is 6.10 Å². The Hall–Kier alpha value is -0.470. The molecule has 3 unspecified atom stereocenters. The normalized spacial score (nSPS) is 32.1. The summed E-state index contributed by atoms with van der Waals surface area (Å²) in [4.78, 5) is 0. The van der Waals surface area contributed by atoms with Gasteiger partial charge in [-0.25, -0.2) is 0 Å². The zero-order chi connectivity index (χ0) is 10.1. The number of rotatable bonds is 0. The molecule has 1 heterocycles. The second kappa shape index (κ2) is 3.95. The molecule has 0 saturated carbocycles. The topological polar surface area (TPSA) is 20.2 Å². The largest absolute Gasteiger partial charge is 0.388 e. The van der Waals surface area contributed by atoms with Gasteiger partial charge in [0.1, 0.15) is 0 Å². The minimum Gasteiger partial charge on any atom is -0.388 e. The average Bonchev–Trinajstić information content (AvgIpc) is 2.26. The molecule has 0 spiro atoms. The van der Waals surface area contributed by atoms with E-state index in [1.807, 2.05) is 17.8 Å². The molecule has 0 aromatic heterocycles. The van der Waals surface area contributed by atoms with Gasteiger partial charge in [-0.15, -0.1) is 0 Å².